The number of pyridine rings is 2. The molecule has 0 aliphatic heterocycles. The Balaban J connectivity index is 0.000000211. The molecule has 0 fully saturated rings. The minimum atomic E-state index is -2.18. The predicted molar refractivity (Wildman–Crippen MR) is 192 cm³/mol. The number of aromatic nitrogens is 2. The van der Waals surface area contributed by atoms with Gasteiger partial charge < -0.3 is 14.4 Å². The van der Waals surface area contributed by atoms with Crippen molar-refractivity contribution in [2.45, 2.75) is 40.8 Å². The van der Waals surface area contributed by atoms with Crippen molar-refractivity contribution in [3.05, 3.63) is 144 Å². The number of aryl methyl sites for hydroxylation is 2. The Morgan fingerprint density at radius 3 is 2.30 bits per heavy atom. The monoisotopic (exact) mass is 797 g/mol. The molecule has 0 amide bonds. The third-order valence-electron chi connectivity index (χ3n) is 7.69. The fourth-order valence-electron chi connectivity index (χ4n) is 5.69. The van der Waals surface area contributed by atoms with Gasteiger partial charge in [0.25, 0.3) is 0 Å². The molecule has 1 radical (unpaired) electrons. The maximum atomic E-state index is 8.70. The van der Waals surface area contributed by atoms with Crippen LogP contribution in [0.4, 0.5) is 0 Å². The van der Waals surface area contributed by atoms with Gasteiger partial charge in [-0.05, 0) is 57.8 Å². The first-order chi connectivity index (χ1) is 25.4. The second-order valence-corrected chi connectivity index (χ2v) is 12.3. The van der Waals surface area contributed by atoms with Crippen molar-refractivity contribution in [3.63, 3.8) is 0 Å². The minimum Gasteiger partial charge on any atom is -0.500 e. The van der Waals surface area contributed by atoms with E-state index in [1.807, 2.05) is 39.0 Å². The van der Waals surface area contributed by atoms with Crippen molar-refractivity contribution in [1.82, 2.24) is 9.97 Å². The maximum absolute atomic E-state index is 8.70. The van der Waals surface area contributed by atoms with Gasteiger partial charge in [-0.15, -0.1) is 53.6 Å². The first-order valence-electron chi connectivity index (χ1n) is 19.1. The Morgan fingerprint density at radius 1 is 0.745 bits per heavy atom. The molecule has 4 heteroatoms. The summed E-state index contributed by atoms with van der Waals surface area (Å²) in [6.45, 7) is 1.39. The van der Waals surface area contributed by atoms with Crippen LogP contribution in [0.3, 0.4) is 0 Å². The van der Waals surface area contributed by atoms with Crippen LogP contribution in [0.1, 0.15) is 48.4 Å². The first kappa shape index (κ1) is 23.7. The molecule has 0 bridgehead atoms. The number of furan rings is 1. The Hall–Kier alpha value is -4.63. The average molecular weight is 797 g/mol. The van der Waals surface area contributed by atoms with Crippen molar-refractivity contribution in [2.75, 3.05) is 0 Å². The summed E-state index contributed by atoms with van der Waals surface area (Å²) < 4.78 is 67.6. The Labute approximate surface area is 301 Å². The van der Waals surface area contributed by atoms with E-state index in [4.69, 9.17) is 15.4 Å². The zero-order valence-electron chi connectivity index (χ0n) is 34.1. The van der Waals surface area contributed by atoms with Crippen LogP contribution in [0.15, 0.2) is 120 Å². The smallest absolute Gasteiger partial charge is 0.129 e. The largest absolute Gasteiger partial charge is 0.500 e. The summed E-state index contributed by atoms with van der Waals surface area (Å²) in [4.78, 5) is 8.66. The summed E-state index contributed by atoms with van der Waals surface area (Å²) in [5.41, 5.74) is 4.57. The van der Waals surface area contributed by atoms with Crippen molar-refractivity contribution in [3.8, 4) is 22.5 Å². The van der Waals surface area contributed by atoms with Gasteiger partial charge in [0.2, 0.25) is 0 Å². The van der Waals surface area contributed by atoms with E-state index in [0.29, 0.717) is 22.5 Å². The molecule has 0 atom stereocenters. The van der Waals surface area contributed by atoms with Gasteiger partial charge in [0.15, 0.2) is 0 Å². The van der Waals surface area contributed by atoms with Gasteiger partial charge >= 0.3 is 0 Å². The molecule has 5 aromatic carbocycles. The summed E-state index contributed by atoms with van der Waals surface area (Å²) >= 11 is 0. The summed E-state index contributed by atoms with van der Waals surface area (Å²) in [7, 11) is 0. The molecule has 0 saturated heterocycles. The number of hydrogen-bond acceptors (Lipinski definition) is 3. The second kappa shape index (κ2) is 13.2. The molecule has 0 saturated carbocycles. The van der Waals surface area contributed by atoms with Crippen LogP contribution in [0, 0.1) is 31.3 Å². The van der Waals surface area contributed by atoms with Crippen LogP contribution in [-0.2, 0) is 26.5 Å². The van der Waals surface area contributed by atoms with E-state index in [1.54, 1.807) is 24.4 Å². The zero-order chi connectivity index (χ0) is 38.6. The second-order valence-electron chi connectivity index (χ2n) is 12.3. The molecule has 3 aromatic heterocycles. The van der Waals surface area contributed by atoms with Gasteiger partial charge in [0.05, 0.1) is 5.58 Å². The quantitative estimate of drug-likeness (QED) is 0.132. The van der Waals surface area contributed by atoms with E-state index in [9.17, 15) is 0 Å². The Morgan fingerprint density at radius 2 is 1.53 bits per heavy atom. The standard InChI is InChI=1S/C30H24NO.C13H12N.Ir/c1-30(2,3)18-19-15-16-31-26(17-19)25-10-6-9-23-24-14-13-21-12-11-20-7-4-5-8-22(20)27(21)29(24)32-28(23)25;1-10-3-6-12(7-4-10)13-8-5-11(2)9-14-13;/h4-9,11-17H,18H2,1-3H3;3-6,8-9H,1-2H3;/q2*-1;/i18D2;1D3,2D3;. The number of nitrogens with zero attached hydrogens (tertiary/aromatic N) is 2. The Bertz CT molecular complexity index is 2590. The van der Waals surface area contributed by atoms with Gasteiger partial charge in [-0.2, -0.15) is 0 Å². The van der Waals surface area contributed by atoms with E-state index >= 15 is 0 Å². The molecular formula is C43H36IrN2O-2. The molecule has 47 heavy (non-hydrogen) atoms. The molecule has 235 valence electrons. The summed E-state index contributed by atoms with van der Waals surface area (Å²) in [6.07, 6.45) is 1.46. The fraction of sp³-hybridized carbons (Fsp3) is 0.163. The van der Waals surface area contributed by atoms with Crippen LogP contribution < -0.4 is 0 Å². The molecule has 0 aliphatic carbocycles. The maximum Gasteiger partial charge on any atom is 0.129 e. The molecule has 0 aliphatic rings. The summed E-state index contributed by atoms with van der Waals surface area (Å²) in [5, 5.41) is 6.62. The molecule has 3 heterocycles. The third-order valence-corrected chi connectivity index (χ3v) is 7.69. The average Bonchev–Trinajstić information content (AvgIpc) is 3.53. The molecular weight excluding hydrogens is 753 g/mol. The topological polar surface area (TPSA) is 38.9 Å². The normalized spacial score (nSPS) is 14.8. The van der Waals surface area contributed by atoms with Crippen LogP contribution in [0.5, 0.6) is 0 Å². The van der Waals surface area contributed by atoms with Crippen molar-refractivity contribution < 1.29 is 35.5 Å². The molecule has 0 N–H and O–H groups in total. The molecule has 8 rings (SSSR count). The predicted octanol–water partition coefficient (Wildman–Crippen LogP) is 11.5. The van der Waals surface area contributed by atoms with Crippen LogP contribution in [-0.4, -0.2) is 9.97 Å². The van der Waals surface area contributed by atoms with Crippen molar-refractivity contribution >= 4 is 43.5 Å². The van der Waals surface area contributed by atoms with Gasteiger partial charge in [0, 0.05) is 54.2 Å². The summed E-state index contributed by atoms with van der Waals surface area (Å²) in [5.74, 6) is 0. The zero-order valence-corrected chi connectivity index (χ0v) is 28.5. The van der Waals surface area contributed by atoms with Crippen molar-refractivity contribution in [2.24, 2.45) is 5.41 Å². The molecule has 0 spiro atoms. The van der Waals surface area contributed by atoms with Gasteiger partial charge in [-0.25, -0.2) is 0 Å². The number of hydrogen-bond donors (Lipinski definition) is 0. The van der Waals surface area contributed by atoms with Crippen LogP contribution >= 0.6 is 0 Å². The minimum absolute atomic E-state index is 0. The van der Waals surface area contributed by atoms with Gasteiger partial charge in [-0.1, -0.05) is 111 Å². The number of rotatable bonds is 3. The SMILES string of the molecule is [2H]C([2H])([2H])c1c[c-]c(-c2ccc(C([2H])([2H])[2H])cn2)cc1.[2H]C([2H])(c1ccnc(-c2[c-]ccc3c2oc2c3ccc3ccc4ccccc4c32)c1)C(C)(C)C.[Ir]. The first-order valence-corrected chi connectivity index (χ1v) is 15.1. The third kappa shape index (κ3) is 6.76. The van der Waals surface area contributed by atoms with E-state index in [-0.39, 0.29) is 31.2 Å². The fourth-order valence-corrected chi connectivity index (χ4v) is 5.69. The number of benzene rings is 5. The van der Waals surface area contributed by atoms with E-state index in [1.165, 1.54) is 29.8 Å². The molecule has 8 aromatic rings. The van der Waals surface area contributed by atoms with Crippen LogP contribution in [0.25, 0.3) is 66.0 Å². The van der Waals surface area contributed by atoms with E-state index in [2.05, 4.69) is 70.6 Å². The summed E-state index contributed by atoms with van der Waals surface area (Å²) in [6, 6.07) is 38.2. The van der Waals surface area contributed by atoms with E-state index in [0.717, 1.165) is 43.7 Å². The Kier molecular flexibility index (Phi) is 6.66. The molecule has 0 unspecified atom stereocenters. The van der Waals surface area contributed by atoms with E-state index < -0.39 is 25.5 Å². The van der Waals surface area contributed by atoms with Gasteiger partial charge in [-0.3, -0.25) is 0 Å². The molecule has 3 nitrogen and oxygen atoms in total. The van der Waals surface area contributed by atoms with Crippen molar-refractivity contribution in [1.29, 1.82) is 0 Å². The number of fused-ring (bicyclic) bond motifs is 7. The van der Waals surface area contributed by atoms with Crippen LogP contribution in [0.2, 0.25) is 0 Å². The van der Waals surface area contributed by atoms with Gasteiger partial charge in [0.1, 0.15) is 5.58 Å².